The van der Waals surface area contributed by atoms with Crippen LogP contribution in [0.15, 0.2) is 36.7 Å². The van der Waals surface area contributed by atoms with Crippen LogP contribution < -0.4 is 0 Å². The van der Waals surface area contributed by atoms with E-state index in [4.69, 9.17) is 9.97 Å². The van der Waals surface area contributed by atoms with Crippen molar-refractivity contribution in [1.82, 2.24) is 19.8 Å². The van der Waals surface area contributed by atoms with Gasteiger partial charge in [-0.15, -0.1) is 0 Å². The number of aromatic nitrogens is 2. The smallest absolute Gasteiger partial charge is 0.0575 e. The molecular weight excluding hydrogens is 392 g/mol. The molecule has 8 atom stereocenters. The summed E-state index contributed by atoms with van der Waals surface area (Å²) in [5, 5.41) is 0. The maximum Gasteiger partial charge on any atom is 0.0575 e. The molecule has 0 radical (unpaired) electrons. The lowest BCUT2D eigenvalue weighted by molar-refractivity contribution is -0.0238. The Hall–Kier alpha value is -1.78. The Morgan fingerprint density at radius 1 is 0.656 bits per heavy atom. The Labute approximate surface area is 191 Å². The van der Waals surface area contributed by atoms with Crippen LogP contribution >= 0.6 is 0 Å². The van der Waals surface area contributed by atoms with Crippen LogP contribution in [0, 0.1) is 37.5 Å². The van der Waals surface area contributed by atoms with Crippen LogP contribution in [0.5, 0.6) is 0 Å². The highest BCUT2D eigenvalue weighted by molar-refractivity contribution is 5.41. The minimum atomic E-state index is 0.398. The summed E-state index contributed by atoms with van der Waals surface area (Å²) in [6.45, 7) is 6.88. The quantitative estimate of drug-likeness (QED) is 0.688. The molecule has 0 amide bonds. The van der Waals surface area contributed by atoms with Gasteiger partial charge in [-0.25, -0.2) is 0 Å². The zero-order valence-corrected chi connectivity index (χ0v) is 19.4. The minimum absolute atomic E-state index is 0.398. The van der Waals surface area contributed by atoms with Crippen molar-refractivity contribution in [3.05, 3.63) is 59.2 Å². The van der Waals surface area contributed by atoms with Gasteiger partial charge < -0.3 is 0 Å². The molecule has 2 aromatic rings. The molecule has 2 saturated carbocycles. The highest BCUT2D eigenvalue weighted by Crippen LogP contribution is 2.79. The van der Waals surface area contributed by atoms with E-state index < -0.39 is 0 Å². The molecule has 166 valence electrons. The Kier molecular flexibility index (Phi) is 3.50. The molecule has 0 N–H and O–H groups in total. The number of hydrogen-bond acceptors (Lipinski definition) is 4. The third-order valence-electron chi connectivity index (χ3n) is 11.0. The molecule has 6 unspecified atom stereocenters. The van der Waals surface area contributed by atoms with E-state index in [0.29, 0.717) is 23.2 Å². The second-order valence-corrected chi connectivity index (χ2v) is 11.9. The molecular formula is C28H34N4. The molecule has 32 heavy (non-hydrogen) atoms. The van der Waals surface area contributed by atoms with Gasteiger partial charge >= 0.3 is 0 Å². The van der Waals surface area contributed by atoms with Gasteiger partial charge in [0.2, 0.25) is 0 Å². The van der Waals surface area contributed by atoms with E-state index in [9.17, 15) is 0 Å². The molecule has 4 saturated heterocycles. The number of rotatable bonds is 2. The highest BCUT2D eigenvalue weighted by Gasteiger charge is 2.84. The van der Waals surface area contributed by atoms with E-state index in [1.807, 2.05) is 0 Å². The van der Waals surface area contributed by atoms with Crippen molar-refractivity contribution >= 4 is 0 Å². The lowest BCUT2D eigenvalue weighted by atomic mass is 9.71. The maximum absolute atomic E-state index is 4.96. The summed E-state index contributed by atoms with van der Waals surface area (Å²) in [5.74, 6) is 3.49. The maximum atomic E-state index is 4.96. The van der Waals surface area contributed by atoms with E-state index in [0.717, 1.165) is 23.7 Å². The van der Waals surface area contributed by atoms with Gasteiger partial charge in [0, 0.05) is 23.5 Å². The molecule has 6 heterocycles. The standard InChI is InChI=1S/C28H34N4/c1-17-3-5-23(29-15-17)25-13-21-11-20-8-10-32-26(24-6-4-18(2)16-30-24)14-22-12-19-7-9-31(25)27(19,21)28(20,22)32/h3-6,15-16,19-22,25-26H,7-14H2,1-2H3/t19?,20?,21?,22?,25?,26?,27-,28-/m0/s1. The van der Waals surface area contributed by atoms with Crippen LogP contribution in [0.2, 0.25) is 0 Å². The monoisotopic (exact) mass is 426 g/mol. The van der Waals surface area contributed by atoms with Gasteiger partial charge in [-0.2, -0.15) is 0 Å². The predicted octanol–water partition coefficient (Wildman–Crippen LogP) is 4.84. The number of hydrogen-bond donors (Lipinski definition) is 0. The van der Waals surface area contributed by atoms with Gasteiger partial charge in [-0.05, 0) is 112 Å². The third-order valence-corrected chi connectivity index (χ3v) is 11.0. The van der Waals surface area contributed by atoms with Gasteiger partial charge in [-0.3, -0.25) is 19.8 Å². The average Bonchev–Trinajstić information content (AvgIpc) is 3.55. The third kappa shape index (κ3) is 1.89. The molecule has 4 heteroatoms. The summed E-state index contributed by atoms with van der Waals surface area (Å²) in [6, 6.07) is 10.3. The lowest BCUT2D eigenvalue weighted by Crippen LogP contribution is -2.64. The Morgan fingerprint density at radius 2 is 1.12 bits per heavy atom. The summed E-state index contributed by atoms with van der Waals surface area (Å²) >= 11 is 0. The zero-order chi connectivity index (χ0) is 21.2. The van der Waals surface area contributed by atoms with Gasteiger partial charge in [0.1, 0.15) is 0 Å². The summed E-state index contributed by atoms with van der Waals surface area (Å²) in [7, 11) is 0. The summed E-state index contributed by atoms with van der Waals surface area (Å²) in [5.41, 5.74) is 6.00. The van der Waals surface area contributed by atoms with Gasteiger partial charge in [-0.1, -0.05) is 12.1 Å². The Bertz CT molecular complexity index is 992. The highest BCUT2D eigenvalue weighted by atomic mass is 15.4. The van der Waals surface area contributed by atoms with Gasteiger partial charge in [0.25, 0.3) is 0 Å². The van der Waals surface area contributed by atoms with Crippen molar-refractivity contribution in [3.63, 3.8) is 0 Å². The van der Waals surface area contributed by atoms with E-state index >= 15 is 0 Å². The van der Waals surface area contributed by atoms with Gasteiger partial charge in [0.05, 0.1) is 23.5 Å². The molecule has 2 aliphatic carbocycles. The Balaban J connectivity index is 1.26. The Morgan fingerprint density at radius 3 is 1.53 bits per heavy atom. The number of aryl methyl sites for hydroxylation is 2. The van der Waals surface area contributed by atoms with E-state index in [1.54, 1.807) is 0 Å². The van der Waals surface area contributed by atoms with Gasteiger partial charge in [0.15, 0.2) is 0 Å². The fraction of sp³-hybridized carbons (Fsp3) is 0.643. The van der Waals surface area contributed by atoms with E-state index in [2.05, 4.69) is 60.3 Å². The molecule has 2 aromatic heterocycles. The molecule has 0 bridgehead atoms. The predicted molar refractivity (Wildman–Crippen MR) is 124 cm³/mol. The first kappa shape index (κ1) is 18.6. The average molecular weight is 427 g/mol. The van der Waals surface area contributed by atoms with Crippen molar-refractivity contribution in [2.75, 3.05) is 13.1 Å². The number of nitrogens with zero attached hydrogens (tertiary/aromatic N) is 4. The number of pyridine rings is 2. The fourth-order valence-corrected chi connectivity index (χ4v) is 10.5. The molecule has 6 aliphatic rings. The largest absolute Gasteiger partial charge is 0.287 e. The summed E-state index contributed by atoms with van der Waals surface area (Å²) < 4.78 is 0. The zero-order valence-electron chi connectivity index (χ0n) is 19.4. The lowest BCUT2D eigenvalue weighted by Gasteiger charge is -2.51. The molecule has 4 nitrogen and oxygen atoms in total. The van der Waals surface area contributed by atoms with E-state index in [-0.39, 0.29) is 0 Å². The first-order chi connectivity index (χ1) is 15.6. The molecule has 0 aromatic carbocycles. The van der Waals surface area contributed by atoms with E-state index in [1.165, 1.54) is 74.1 Å². The molecule has 4 aliphatic heterocycles. The minimum Gasteiger partial charge on any atom is -0.287 e. The molecule has 2 spiro atoms. The van der Waals surface area contributed by atoms with Crippen molar-refractivity contribution in [2.24, 2.45) is 23.7 Å². The van der Waals surface area contributed by atoms with Crippen LogP contribution in [0.25, 0.3) is 0 Å². The van der Waals surface area contributed by atoms with Crippen LogP contribution in [0.4, 0.5) is 0 Å². The topological polar surface area (TPSA) is 32.3 Å². The summed E-state index contributed by atoms with van der Waals surface area (Å²) in [4.78, 5) is 16.0. The van der Waals surface area contributed by atoms with Crippen molar-refractivity contribution in [2.45, 2.75) is 75.5 Å². The van der Waals surface area contributed by atoms with Crippen LogP contribution in [-0.4, -0.2) is 43.9 Å². The first-order valence-corrected chi connectivity index (χ1v) is 13.0. The first-order valence-electron chi connectivity index (χ1n) is 13.0. The normalized spacial score (nSPS) is 46.1. The second-order valence-electron chi connectivity index (χ2n) is 11.9. The van der Waals surface area contributed by atoms with Crippen LogP contribution in [0.1, 0.15) is 73.1 Å². The second kappa shape index (κ2) is 6.01. The molecule has 8 rings (SSSR count). The van der Waals surface area contributed by atoms with Crippen LogP contribution in [0.3, 0.4) is 0 Å². The van der Waals surface area contributed by atoms with Crippen molar-refractivity contribution in [1.29, 1.82) is 0 Å². The van der Waals surface area contributed by atoms with Crippen LogP contribution in [-0.2, 0) is 0 Å². The van der Waals surface area contributed by atoms with Crippen molar-refractivity contribution < 1.29 is 0 Å². The molecule has 6 fully saturated rings. The van der Waals surface area contributed by atoms with Crippen molar-refractivity contribution in [3.8, 4) is 0 Å². The summed E-state index contributed by atoms with van der Waals surface area (Å²) in [6.07, 6.45) is 12.6. The SMILES string of the molecule is Cc1ccc(C2CC3CC4CCN5C(c6ccc(C)cn6)CC6CC7CCN2[C@@]73[C@]465)nc1. The fourth-order valence-electron chi connectivity index (χ4n) is 10.5.